The molecular weight excluding hydrogens is 668 g/mol. The van der Waals surface area contributed by atoms with Crippen molar-refractivity contribution >= 4 is 43.7 Å². The van der Waals surface area contributed by atoms with E-state index in [2.05, 4.69) is 24.9 Å². The third-order valence-corrected chi connectivity index (χ3v) is 9.66. The fraction of sp³-hybridized carbons (Fsp3) is 0.500. The van der Waals surface area contributed by atoms with Crippen molar-refractivity contribution in [2.45, 2.75) is 55.6 Å². The summed E-state index contributed by atoms with van der Waals surface area (Å²) in [6.45, 7) is -1.55. The number of nitrogens with zero attached hydrogens (tertiary/aromatic N) is 6. The molecule has 46 heavy (non-hydrogen) atoms. The second-order valence-corrected chi connectivity index (χ2v) is 13.3. The summed E-state index contributed by atoms with van der Waals surface area (Å²) in [5, 5.41) is 10.5. The van der Waals surface area contributed by atoms with Gasteiger partial charge in [0, 0.05) is 12.6 Å². The SMILES string of the molecule is Nc1ncnc2c1ncn2[C@@H]1O[C@@H]2CCOP(=O)(O)O[C@@H]3[C@H](O)[C@@H](COP(=O)(O)O[C@H]2[C@H]1F)O[C@H]3n1cc(F)c2c(=O)[nH]cnc21. The maximum atomic E-state index is 15.9. The van der Waals surface area contributed by atoms with E-state index >= 15 is 4.39 Å². The van der Waals surface area contributed by atoms with Gasteiger partial charge in [0.2, 0.25) is 0 Å². The summed E-state index contributed by atoms with van der Waals surface area (Å²) in [4.78, 5) is 51.4. The van der Waals surface area contributed by atoms with Gasteiger partial charge in [-0.2, -0.15) is 0 Å². The molecule has 2 bridgehead atoms. The minimum atomic E-state index is -5.14. The highest BCUT2D eigenvalue weighted by Gasteiger charge is 2.53. The molecule has 0 spiro atoms. The number of halogens is 2. The van der Waals surface area contributed by atoms with Crippen molar-refractivity contribution in [3.8, 4) is 0 Å². The van der Waals surface area contributed by atoms with E-state index in [1.54, 1.807) is 0 Å². The Morgan fingerprint density at radius 1 is 0.978 bits per heavy atom. The van der Waals surface area contributed by atoms with E-state index in [1.807, 2.05) is 0 Å². The van der Waals surface area contributed by atoms with E-state index in [0.717, 1.165) is 23.4 Å². The second kappa shape index (κ2) is 11.5. The Hall–Kier alpha value is -3.27. The van der Waals surface area contributed by atoms with E-state index in [-0.39, 0.29) is 29.0 Å². The number of rotatable bonds is 2. The van der Waals surface area contributed by atoms with Gasteiger partial charge in [0.05, 0.1) is 32.0 Å². The second-order valence-electron chi connectivity index (χ2n) is 10.5. The Bertz CT molecular complexity index is 1960. The predicted molar refractivity (Wildman–Crippen MR) is 145 cm³/mol. The number of phosphoric acid groups is 2. The third-order valence-electron chi connectivity index (χ3n) is 7.65. The van der Waals surface area contributed by atoms with Crippen molar-refractivity contribution in [2.24, 2.45) is 0 Å². The van der Waals surface area contributed by atoms with Crippen LogP contribution < -0.4 is 11.3 Å². The zero-order valence-corrected chi connectivity index (χ0v) is 24.8. The lowest BCUT2D eigenvalue weighted by molar-refractivity contribution is -0.0534. The van der Waals surface area contributed by atoms with Crippen LogP contribution in [-0.4, -0.2) is 98.9 Å². The van der Waals surface area contributed by atoms with Crippen LogP contribution in [-0.2, 0) is 36.7 Å². The molecule has 2 unspecified atom stereocenters. The molecule has 7 rings (SSSR count). The molecule has 0 aliphatic carbocycles. The number of aromatic nitrogens is 7. The van der Waals surface area contributed by atoms with Gasteiger partial charge in [0.15, 0.2) is 41.6 Å². The maximum Gasteiger partial charge on any atom is 0.472 e. The number of nitrogens with one attached hydrogen (secondary N) is 1. The van der Waals surface area contributed by atoms with E-state index < -0.39 is 94.8 Å². The molecule has 0 aromatic carbocycles. The maximum absolute atomic E-state index is 15.9. The number of imidazole rings is 1. The lowest BCUT2D eigenvalue weighted by Gasteiger charge is -2.26. The van der Waals surface area contributed by atoms with Crippen molar-refractivity contribution in [1.82, 2.24) is 34.1 Å². The summed E-state index contributed by atoms with van der Waals surface area (Å²) < 4.78 is 90.9. The highest BCUT2D eigenvalue weighted by molar-refractivity contribution is 7.47. The molecule has 0 saturated carbocycles. The van der Waals surface area contributed by atoms with Gasteiger partial charge in [-0.25, -0.2) is 37.8 Å². The zero-order valence-electron chi connectivity index (χ0n) is 23.0. The first-order valence-electron chi connectivity index (χ1n) is 13.4. The molecule has 0 radical (unpaired) electrons. The predicted octanol–water partition coefficient (Wildman–Crippen LogP) is 0.188. The van der Waals surface area contributed by atoms with Gasteiger partial charge in [0.1, 0.15) is 41.6 Å². The largest absolute Gasteiger partial charge is 0.472 e. The molecule has 3 fully saturated rings. The summed E-state index contributed by atoms with van der Waals surface area (Å²) in [5.74, 6) is -1.03. The van der Waals surface area contributed by atoms with Gasteiger partial charge in [-0.3, -0.25) is 27.5 Å². The molecule has 248 valence electrons. The standard InChI is InChI=1S/C22H24F2N8O12P2/c23-8-3-31(18-11(8)20(34)29-6-27-18)22-16-14(33)10(42-22)4-40-46(37,38)43-15-9(1-2-39-45(35,36)44-16)41-21(12(15)24)32-7-30-13-17(25)26-5-28-19(13)32/h3,5-7,9-10,12,14-16,21-22,33H,1-2,4H2,(H,35,36)(H,37,38)(H2,25,26,28)(H,27,29,34)/t9-,10-,12-,14-,15-,16-,21-,22-/m1/s1. The molecular formula is C22H24F2N8O12P2. The summed E-state index contributed by atoms with van der Waals surface area (Å²) in [6, 6.07) is 0. The fourth-order valence-corrected chi connectivity index (χ4v) is 7.48. The molecule has 3 saturated heterocycles. The fourth-order valence-electron chi connectivity index (χ4n) is 5.59. The van der Waals surface area contributed by atoms with E-state index in [4.69, 9.17) is 33.3 Å². The van der Waals surface area contributed by atoms with Gasteiger partial charge in [-0.15, -0.1) is 0 Å². The van der Waals surface area contributed by atoms with Crippen LogP contribution in [0, 0.1) is 5.82 Å². The number of hydrogen-bond donors (Lipinski definition) is 5. The Labute approximate surface area is 254 Å². The molecule has 0 amide bonds. The summed E-state index contributed by atoms with van der Waals surface area (Å²) in [5.41, 5.74) is 4.92. The first-order chi connectivity index (χ1) is 21.8. The molecule has 20 nitrogen and oxygen atoms in total. The third kappa shape index (κ3) is 5.44. The molecule has 10 atom stereocenters. The quantitative estimate of drug-likeness (QED) is 0.175. The van der Waals surface area contributed by atoms with E-state index in [9.17, 15) is 33.2 Å². The molecule has 7 heterocycles. The minimum absolute atomic E-state index is 0.00773. The van der Waals surface area contributed by atoms with Crippen LogP contribution in [0.4, 0.5) is 14.6 Å². The Kier molecular flexibility index (Phi) is 7.81. The first kappa shape index (κ1) is 31.3. The van der Waals surface area contributed by atoms with Crippen molar-refractivity contribution in [1.29, 1.82) is 0 Å². The number of aliphatic hydroxyl groups is 1. The van der Waals surface area contributed by atoms with Crippen molar-refractivity contribution in [3.05, 3.63) is 41.3 Å². The van der Waals surface area contributed by atoms with Gasteiger partial charge in [-0.05, 0) is 0 Å². The normalized spacial score (nSPS) is 37.4. The molecule has 4 aromatic heterocycles. The van der Waals surface area contributed by atoms with Gasteiger partial charge < -0.3 is 39.7 Å². The zero-order chi connectivity index (χ0) is 32.5. The van der Waals surface area contributed by atoms with E-state index in [0.29, 0.717) is 0 Å². The number of aliphatic hydroxyl groups excluding tert-OH is 1. The molecule has 3 aliphatic heterocycles. The van der Waals surface area contributed by atoms with Crippen LogP contribution in [0.2, 0.25) is 0 Å². The average Bonchev–Trinajstić information content (AvgIpc) is 3.73. The number of phosphoric ester groups is 2. The lowest BCUT2D eigenvalue weighted by Crippen LogP contribution is -2.36. The Morgan fingerprint density at radius 3 is 2.52 bits per heavy atom. The number of H-pyrrole nitrogens is 1. The number of anilines is 1. The monoisotopic (exact) mass is 692 g/mol. The van der Waals surface area contributed by atoms with Crippen LogP contribution in [0.25, 0.3) is 22.2 Å². The van der Waals surface area contributed by atoms with Crippen molar-refractivity contribution in [2.75, 3.05) is 18.9 Å². The Balaban J connectivity index is 1.18. The van der Waals surface area contributed by atoms with Gasteiger partial charge in [0.25, 0.3) is 5.56 Å². The number of nitrogens with two attached hydrogens (primary N) is 1. The van der Waals surface area contributed by atoms with Gasteiger partial charge in [-0.1, -0.05) is 0 Å². The van der Waals surface area contributed by atoms with Crippen molar-refractivity contribution in [3.63, 3.8) is 0 Å². The highest BCUT2D eigenvalue weighted by atomic mass is 31.2. The van der Waals surface area contributed by atoms with Crippen LogP contribution in [0.15, 0.2) is 30.0 Å². The molecule has 3 aliphatic rings. The van der Waals surface area contributed by atoms with Crippen LogP contribution in [0.3, 0.4) is 0 Å². The number of nitrogen functional groups attached to an aromatic ring is 1. The highest BCUT2D eigenvalue weighted by Crippen LogP contribution is 2.53. The topological polar surface area (TPSA) is 271 Å². The number of alkyl halides is 1. The molecule has 24 heteroatoms. The summed E-state index contributed by atoms with van der Waals surface area (Å²) >= 11 is 0. The Morgan fingerprint density at radius 2 is 1.72 bits per heavy atom. The van der Waals surface area contributed by atoms with Crippen molar-refractivity contribution < 1.29 is 60.4 Å². The molecule has 6 N–H and O–H groups in total. The molecule has 4 aromatic rings. The van der Waals surface area contributed by atoms with Crippen LogP contribution >= 0.6 is 15.6 Å². The van der Waals surface area contributed by atoms with Gasteiger partial charge >= 0.3 is 15.6 Å². The minimum Gasteiger partial charge on any atom is -0.387 e. The number of ether oxygens (including phenoxy) is 2. The summed E-state index contributed by atoms with van der Waals surface area (Å²) in [7, 11) is -10.2. The average molecular weight is 692 g/mol. The number of aromatic amines is 1. The smallest absolute Gasteiger partial charge is 0.387 e. The number of fused-ring (bicyclic) bond motifs is 5. The summed E-state index contributed by atoms with van der Waals surface area (Å²) in [6.07, 6.45) is -9.98. The number of hydrogen-bond acceptors (Lipinski definition) is 15. The lowest BCUT2D eigenvalue weighted by atomic mass is 10.1. The van der Waals surface area contributed by atoms with Crippen LogP contribution in [0.5, 0.6) is 0 Å². The first-order valence-corrected chi connectivity index (χ1v) is 16.4. The van der Waals surface area contributed by atoms with E-state index in [1.165, 1.54) is 10.9 Å². The van der Waals surface area contributed by atoms with Crippen LogP contribution in [0.1, 0.15) is 18.9 Å².